The van der Waals surface area contributed by atoms with Crippen molar-refractivity contribution in [1.29, 1.82) is 0 Å². The van der Waals surface area contributed by atoms with Crippen LogP contribution in [0.5, 0.6) is 0 Å². The van der Waals surface area contributed by atoms with Crippen LogP contribution in [0.25, 0.3) is 0 Å². The Morgan fingerprint density at radius 1 is 1.47 bits per heavy atom. The summed E-state index contributed by atoms with van der Waals surface area (Å²) < 4.78 is 23.1. The number of aliphatic hydroxyl groups excluding tert-OH is 1. The Labute approximate surface area is 113 Å². The van der Waals surface area contributed by atoms with Gasteiger partial charge in [-0.2, -0.15) is 0 Å². The summed E-state index contributed by atoms with van der Waals surface area (Å²) >= 11 is 0. The van der Waals surface area contributed by atoms with Crippen LogP contribution in [0.15, 0.2) is 17.0 Å². The third-order valence-corrected chi connectivity index (χ3v) is 4.58. The maximum atomic E-state index is 11.6. The summed E-state index contributed by atoms with van der Waals surface area (Å²) in [5, 5.41) is 14.4. The predicted octanol–water partition coefficient (Wildman–Crippen LogP) is 0.0432. The summed E-state index contributed by atoms with van der Waals surface area (Å²) in [4.78, 5) is 2.11. The van der Waals surface area contributed by atoms with Crippen LogP contribution in [0, 0.1) is 12.8 Å². The molecule has 5 N–H and O–H groups in total. The fraction of sp³-hybridized carbons (Fsp3) is 0.500. The van der Waals surface area contributed by atoms with Crippen LogP contribution < -0.4 is 15.8 Å². The monoisotopic (exact) mass is 285 g/mol. The standard InChI is InChI=1S/C12H19N3O3S/c1-8-11(15-3-2-9(6-15)7-16)4-10(13)5-12(8)19(14,17)18/h4-5,9,16H,2-3,6-7,13H2,1H3,(H2,14,17,18). The molecule has 1 aromatic carbocycles. The molecule has 0 bridgehead atoms. The van der Waals surface area contributed by atoms with Crippen LogP contribution >= 0.6 is 0 Å². The van der Waals surface area contributed by atoms with Crippen LogP contribution in [-0.4, -0.2) is 33.2 Å². The lowest BCUT2D eigenvalue weighted by Crippen LogP contribution is -2.23. The van der Waals surface area contributed by atoms with Gasteiger partial charge in [-0.15, -0.1) is 0 Å². The van der Waals surface area contributed by atoms with E-state index in [0.717, 1.165) is 18.7 Å². The van der Waals surface area contributed by atoms with Crippen molar-refractivity contribution in [2.45, 2.75) is 18.2 Å². The van der Waals surface area contributed by atoms with Crippen molar-refractivity contribution >= 4 is 21.4 Å². The van der Waals surface area contributed by atoms with E-state index in [2.05, 4.69) is 0 Å². The summed E-state index contributed by atoms with van der Waals surface area (Å²) in [5.41, 5.74) is 7.52. The molecular weight excluding hydrogens is 266 g/mol. The molecule has 1 unspecified atom stereocenters. The molecule has 6 nitrogen and oxygen atoms in total. The number of aliphatic hydroxyl groups is 1. The lowest BCUT2D eigenvalue weighted by atomic mass is 10.1. The van der Waals surface area contributed by atoms with Gasteiger partial charge in [0.25, 0.3) is 0 Å². The normalized spacial score (nSPS) is 19.9. The summed E-state index contributed by atoms with van der Waals surface area (Å²) in [5.74, 6) is 0.221. The van der Waals surface area contributed by atoms with E-state index in [0.29, 0.717) is 17.8 Å². The highest BCUT2D eigenvalue weighted by molar-refractivity contribution is 7.89. The van der Waals surface area contributed by atoms with Crippen molar-refractivity contribution in [2.75, 3.05) is 30.3 Å². The van der Waals surface area contributed by atoms with E-state index in [1.54, 1.807) is 13.0 Å². The van der Waals surface area contributed by atoms with Gasteiger partial charge in [0.1, 0.15) is 0 Å². The van der Waals surface area contributed by atoms with Gasteiger partial charge in [0, 0.05) is 37.0 Å². The minimum absolute atomic E-state index is 0.0648. The van der Waals surface area contributed by atoms with Crippen LogP contribution in [0.1, 0.15) is 12.0 Å². The van der Waals surface area contributed by atoms with E-state index in [1.165, 1.54) is 6.07 Å². The first kappa shape index (κ1) is 14.1. The molecule has 0 amide bonds. The third kappa shape index (κ3) is 2.83. The van der Waals surface area contributed by atoms with Gasteiger partial charge in [-0.1, -0.05) is 0 Å². The number of primary sulfonamides is 1. The lowest BCUT2D eigenvalue weighted by molar-refractivity contribution is 0.238. The number of nitrogen functional groups attached to an aromatic ring is 1. The molecule has 2 rings (SSSR count). The number of anilines is 2. The average molecular weight is 285 g/mol. The Bertz CT molecular complexity index is 586. The van der Waals surface area contributed by atoms with E-state index in [1.807, 2.05) is 4.90 Å². The van der Waals surface area contributed by atoms with E-state index in [4.69, 9.17) is 10.9 Å². The minimum Gasteiger partial charge on any atom is -0.399 e. The zero-order valence-corrected chi connectivity index (χ0v) is 11.7. The van der Waals surface area contributed by atoms with Crippen LogP contribution in [0.4, 0.5) is 11.4 Å². The van der Waals surface area contributed by atoms with E-state index in [9.17, 15) is 13.5 Å². The number of nitrogens with zero attached hydrogens (tertiary/aromatic N) is 1. The van der Waals surface area contributed by atoms with E-state index < -0.39 is 10.0 Å². The van der Waals surface area contributed by atoms with Gasteiger partial charge in [0.15, 0.2) is 0 Å². The van der Waals surface area contributed by atoms with Crippen molar-refractivity contribution in [3.8, 4) is 0 Å². The maximum Gasteiger partial charge on any atom is 0.238 e. The van der Waals surface area contributed by atoms with Gasteiger partial charge in [-0.3, -0.25) is 0 Å². The fourth-order valence-corrected chi connectivity index (χ4v) is 3.35. The van der Waals surface area contributed by atoms with Crippen molar-refractivity contribution < 1.29 is 13.5 Å². The summed E-state index contributed by atoms with van der Waals surface area (Å²) in [6, 6.07) is 3.14. The van der Waals surface area contributed by atoms with Gasteiger partial charge in [0.2, 0.25) is 10.0 Å². The highest BCUT2D eigenvalue weighted by Crippen LogP contribution is 2.32. The van der Waals surface area contributed by atoms with Crippen molar-refractivity contribution in [2.24, 2.45) is 11.1 Å². The Kier molecular flexibility index (Phi) is 3.71. The Hall–Kier alpha value is -1.31. The van der Waals surface area contributed by atoms with Gasteiger partial charge in [-0.05, 0) is 31.0 Å². The molecule has 1 aliphatic rings. The van der Waals surface area contributed by atoms with Crippen LogP contribution in [-0.2, 0) is 10.0 Å². The molecular formula is C12H19N3O3S. The number of hydrogen-bond donors (Lipinski definition) is 3. The Balaban J connectivity index is 2.45. The molecule has 1 atom stereocenters. The fourth-order valence-electron chi connectivity index (χ4n) is 2.52. The number of sulfonamides is 1. The second-order valence-electron chi connectivity index (χ2n) is 4.99. The number of nitrogens with two attached hydrogens (primary N) is 2. The first-order chi connectivity index (χ1) is 8.82. The van der Waals surface area contributed by atoms with Crippen molar-refractivity contribution in [1.82, 2.24) is 0 Å². The van der Waals surface area contributed by atoms with Gasteiger partial charge < -0.3 is 15.7 Å². The van der Waals surface area contributed by atoms with Crippen molar-refractivity contribution in [3.63, 3.8) is 0 Å². The zero-order valence-electron chi connectivity index (χ0n) is 10.8. The average Bonchev–Trinajstić information content (AvgIpc) is 2.78. The SMILES string of the molecule is Cc1c(N2CCC(CO)C2)cc(N)cc1S(N)(=O)=O. The summed E-state index contributed by atoms with van der Waals surface area (Å²) in [7, 11) is -3.78. The quantitative estimate of drug-likeness (QED) is 0.679. The molecule has 0 aromatic heterocycles. The predicted molar refractivity (Wildman–Crippen MR) is 74.4 cm³/mol. The molecule has 0 radical (unpaired) electrons. The molecule has 19 heavy (non-hydrogen) atoms. The van der Waals surface area contributed by atoms with Crippen LogP contribution in [0.3, 0.4) is 0 Å². The Morgan fingerprint density at radius 2 is 2.16 bits per heavy atom. The largest absolute Gasteiger partial charge is 0.399 e. The second-order valence-corrected chi connectivity index (χ2v) is 6.52. The smallest absolute Gasteiger partial charge is 0.238 e. The first-order valence-corrected chi connectivity index (χ1v) is 7.66. The molecule has 1 saturated heterocycles. The maximum absolute atomic E-state index is 11.6. The van der Waals surface area contributed by atoms with E-state index >= 15 is 0 Å². The first-order valence-electron chi connectivity index (χ1n) is 6.11. The van der Waals surface area contributed by atoms with Gasteiger partial charge in [-0.25, -0.2) is 13.6 Å². The summed E-state index contributed by atoms with van der Waals surface area (Å²) in [6.07, 6.45) is 0.884. The topological polar surface area (TPSA) is 110 Å². The molecule has 1 fully saturated rings. The number of rotatable bonds is 3. The van der Waals surface area contributed by atoms with Crippen LogP contribution in [0.2, 0.25) is 0 Å². The molecule has 1 aliphatic heterocycles. The zero-order chi connectivity index (χ0) is 14.2. The highest BCUT2D eigenvalue weighted by Gasteiger charge is 2.25. The lowest BCUT2D eigenvalue weighted by Gasteiger charge is -2.22. The van der Waals surface area contributed by atoms with Gasteiger partial charge >= 0.3 is 0 Å². The molecule has 7 heteroatoms. The highest BCUT2D eigenvalue weighted by atomic mass is 32.2. The van der Waals surface area contributed by atoms with Gasteiger partial charge in [0.05, 0.1) is 4.90 Å². The van der Waals surface area contributed by atoms with E-state index in [-0.39, 0.29) is 17.4 Å². The third-order valence-electron chi connectivity index (χ3n) is 3.55. The van der Waals surface area contributed by atoms with Crippen molar-refractivity contribution in [3.05, 3.63) is 17.7 Å². The number of hydrogen-bond acceptors (Lipinski definition) is 5. The molecule has 1 aromatic rings. The minimum atomic E-state index is -3.78. The molecule has 1 heterocycles. The number of benzene rings is 1. The second kappa shape index (κ2) is 4.99. The Morgan fingerprint density at radius 3 is 2.68 bits per heavy atom. The molecule has 106 valence electrons. The molecule has 0 spiro atoms. The molecule has 0 aliphatic carbocycles. The summed E-state index contributed by atoms with van der Waals surface area (Å²) in [6.45, 7) is 3.34. The molecule has 0 saturated carbocycles.